The Kier molecular flexibility index (Phi) is 3.67. The molecule has 0 unspecified atom stereocenters. The van der Waals surface area contributed by atoms with Gasteiger partial charge in [-0.3, -0.25) is 4.79 Å². The lowest BCUT2D eigenvalue weighted by molar-refractivity contribution is -0.150. The van der Waals surface area contributed by atoms with Gasteiger partial charge in [0, 0.05) is 6.42 Å². The van der Waals surface area contributed by atoms with Crippen LogP contribution >= 0.6 is 0 Å². The molecule has 2 saturated carbocycles. The number of ketones is 1. The topological polar surface area (TPSA) is 37.3 Å². The first-order chi connectivity index (χ1) is 10.3. The Hall–Kier alpha value is -0.890. The molecule has 0 aromatic rings. The first-order valence-electron chi connectivity index (χ1n) is 8.76. The van der Waals surface area contributed by atoms with Crippen molar-refractivity contribution >= 4 is 5.78 Å². The number of aliphatic hydroxyl groups excluding tert-OH is 1. The van der Waals surface area contributed by atoms with Crippen LogP contribution in [0.15, 0.2) is 24.3 Å². The number of hydrogen-bond donors (Lipinski definition) is 1. The molecule has 0 aromatic carbocycles. The van der Waals surface area contributed by atoms with Crippen LogP contribution in [0.25, 0.3) is 0 Å². The van der Waals surface area contributed by atoms with Crippen LogP contribution in [-0.2, 0) is 4.79 Å². The molecule has 0 aliphatic heterocycles. The predicted molar refractivity (Wildman–Crippen MR) is 89.4 cm³/mol. The molecule has 3 rings (SSSR count). The second kappa shape index (κ2) is 5.06. The summed E-state index contributed by atoms with van der Waals surface area (Å²) >= 11 is 0. The van der Waals surface area contributed by atoms with E-state index in [9.17, 15) is 9.90 Å². The average Bonchev–Trinajstić information content (AvgIpc) is 2.51. The minimum atomic E-state index is -0.547. The van der Waals surface area contributed by atoms with Gasteiger partial charge in [0.15, 0.2) is 0 Å². The third-order valence-corrected chi connectivity index (χ3v) is 7.39. The number of Topliss-reactive ketones (excluding diaryl/α,β-unsaturated/α-hetero) is 1. The van der Waals surface area contributed by atoms with E-state index in [2.05, 4.69) is 32.6 Å². The Bertz CT molecular complexity index is 534. The Labute approximate surface area is 134 Å². The molecule has 3 aliphatic rings. The molecule has 2 heteroatoms. The Morgan fingerprint density at radius 1 is 1.36 bits per heavy atom. The Morgan fingerprint density at radius 2 is 2.09 bits per heavy atom. The van der Waals surface area contributed by atoms with E-state index in [0.29, 0.717) is 12.3 Å². The van der Waals surface area contributed by atoms with Gasteiger partial charge in [-0.15, -0.1) is 6.58 Å². The van der Waals surface area contributed by atoms with Crippen molar-refractivity contribution in [3.63, 3.8) is 0 Å². The molecule has 3 aliphatic carbocycles. The lowest BCUT2D eigenvalue weighted by Crippen LogP contribution is -2.56. The van der Waals surface area contributed by atoms with Crippen molar-refractivity contribution in [1.29, 1.82) is 0 Å². The van der Waals surface area contributed by atoms with Gasteiger partial charge in [-0.2, -0.15) is 0 Å². The molecule has 0 radical (unpaired) electrons. The number of aliphatic hydroxyl groups is 1. The summed E-state index contributed by atoms with van der Waals surface area (Å²) in [4.78, 5) is 12.5. The summed E-state index contributed by atoms with van der Waals surface area (Å²) in [5.74, 6) is 1.13. The van der Waals surface area contributed by atoms with Crippen molar-refractivity contribution in [2.24, 2.45) is 28.1 Å². The fourth-order valence-corrected chi connectivity index (χ4v) is 5.66. The van der Waals surface area contributed by atoms with Crippen molar-refractivity contribution in [3.8, 4) is 0 Å². The van der Waals surface area contributed by atoms with E-state index in [1.807, 2.05) is 6.92 Å². The molecule has 0 heterocycles. The average molecular weight is 302 g/mol. The van der Waals surface area contributed by atoms with Crippen molar-refractivity contribution in [3.05, 3.63) is 24.3 Å². The Morgan fingerprint density at radius 3 is 2.73 bits per heavy atom. The highest BCUT2D eigenvalue weighted by atomic mass is 16.3. The maximum absolute atomic E-state index is 12.5. The van der Waals surface area contributed by atoms with E-state index in [0.717, 1.165) is 19.3 Å². The van der Waals surface area contributed by atoms with Gasteiger partial charge >= 0.3 is 0 Å². The summed E-state index contributed by atoms with van der Waals surface area (Å²) in [6.45, 7) is 10.7. The van der Waals surface area contributed by atoms with Gasteiger partial charge in [-0.1, -0.05) is 38.5 Å². The van der Waals surface area contributed by atoms with Gasteiger partial charge < -0.3 is 5.11 Å². The standard InChI is InChI=1S/C20H30O2/c1-5-18(2)10-8-15-14(12-18)6-7-16-19(15,3)11-9-17(22)20(16,4)13-21/h5-6,15-16,21H,1,7-13H2,2-4H3/t15-,16+,18-,19+,20+/m0/s1. The summed E-state index contributed by atoms with van der Waals surface area (Å²) in [7, 11) is 0. The summed E-state index contributed by atoms with van der Waals surface area (Å²) in [5, 5.41) is 9.94. The lowest BCUT2D eigenvalue weighted by Gasteiger charge is -2.58. The van der Waals surface area contributed by atoms with Crippen LogP contribution in [0.4, 0.5) is 0 Å². The fraction of sp³-hybridized carbons (Fsp3) is 0.750. The molecule has 2 fully saturated rings. The monoisotopic (exact) mass is 302 g/mol. The molecule has 5 atom stereocenters. The van der Waals surface area contributed by atoms with Gasteiger partial charge in [-0.05, 0) is 54.8 Å². The van der Waals surface area contributed by atoms with Crippen LogP contribution in [0.3, 0.4) is 0 Å². The SMILES string of the molecule is C=C[C@@]1(C)CC[C@H]2C(=CC[C@@H]3[C@]2(C)CCC(=O)[C@]3(C)CO)C1. The quantitative estimate of drug-likeness (QED) is 0.772. The molecule has 0 amide bonds. The third kappa shape index (κ3) is 2.06. The lowest BCUT2D eigenvalue weighted by atomic mass is 9.45. The van der Waals surface area contributed by atoms with Crippen LogP contribution < -0.4 is 0 Å². The smallest absolute Gasteiger partial charge is 0.141 e. The Balaban J connectivity index is 1.98. The van der Waals surface area contributed by atoms with Crippen molar-refractivity contribution in [1.82, 2.24) is 0 Å². The second-order valence-electron chi connectivity index (χ2n) is 8.70. The van der Waals surface area contributed by atoms with E-state index in [1.54, 1.807) is 5.57 Å². The van der Waals surface area contributed by atoms with Crippen molar-refractivity contribution < 1.29 is 9.90 Å². The zero-order valence-corrected chi connectivity index (χ0v) is 14.3. The molecule has 0 bridgehead atoms. The van der Waals surface area contributed by atoms with E-state index in [-0.39, 0.29) is 29.1 Å². The molecule has 0 saturated heterocycles. The van der Waals surface area contributed by atoms with Gasteiger partial charge in [-0.25, -0.2) is 0 Å². The normalized spacial score (nSPS) is 48.2. The van der Waals surface area contributed by atoms with Gasteiger partial charge in [0.1, 0.15) is 5.78 Å². The van der Waals surface area contributed by atoms with Crippen LogP contribution in [0, 0.1) is 28.1 Å². The molecule has 22 heavy (non-hydrogen) atoms. The summed E-state index contributed by atoms with van der Waals surface area (Å²) in [6.07, 6.45) is 10.6. The molecule has 122 valence electrons. The number of carbonyl (C=O) groups excluding carboxylic acids is 1. The summed E-state index contributed by atoms with van der Waals surface area (Å²) in [6, 6.07) is 0. The molecule has 1 N–H and O–H groups in total. The van der Waals surface area contributed by atoms with E-state index >= 15 is 0 Å². The maximum atomic E-state index is 12.5. The fourth-order valence-electron chi connectivity index (χ4n) is 5.66. The molecule has 2 nitrogen and oxygen atoms in total. The van der Waals surface area contributed by atoms with Gasteiger partial charge in [0.25, 0.3) is 0 Å². The highest BCUT2D eigenvalue weighted by Gasteiger charge is 2.58. The third-order valence-electron chi connectivity index (χ3n) is 7.39. The summed E-state index contributed by atoms with van der Waals surface area (Å²) < 4.78 is 0. The number of fused-ring (bicyclic) bond motifs is 3. The zero-order chi connectivity index (χ0) is 16.2. The first kappa shape index (κ1) is 16.0. The van der Waals surface area contributed by atoms with E-state index < -0.39 is 5.41 Å². The summed E-state index contributed by atoms with van der Waals surface area (Å²) in [5.41, 5.74) is 1.43. The van der Waals surface area contributed by atoms with Gasteiger partial charge in [0.05, 0.1) is 12.0 Å². The van der Waals surface area contributed by atoms with Crippen LogP contribution in [0.5, 0.6) is 0 Å². The highest BCUT2D eigenvalue weighted by molar-refractivity contribution is 5.86. The minimum Gasteiger partial charge on any atom is -0.395 e. The second-order valence-corrected chi connectivity index (χ2v) is 8.70. The number of hydrogen-bond acceptors (Lipinski definition) is 2. The highest BCUT2D eigenvalue weighted by Crippen LogP contribution is 2.62. The van der Waals surface area contributed by atoms with E-state index in [1.165, 1.54) is 12.8 Å². The minimum absolute atomic E-state index is 0.00758. The predicted octanol–water partition coefficient (Wildman–Crippen LogP) is 4.29. The van der Waals surface area contributed by atoms with Gasteiger partial charge in [0.2, 0.25) is 0 Å². The van der Waals surface area contributed by atoms with Crippen LogP contribution in [0.2, 0.25) is 0 Å². The molecule has 0 aromatic heterocycles. The zero-order valence-electron chi connectivity index (χ0n) is 14.3. The number of rotatable bonds is 2. The van der Waals surface area contributed by atoms with E-state index in [4.69, 9.17) is 0 Å². The first-order valence-corrected chi connectivity index (χ1v) is 8.76. The molecular weight excluding hydrogens is 272 g/mol. The largest absolute Gasteiger partial charge is 0.395 e. The van der Waals surface area contributed by atoms with Crippen molar-refractivity contribution in [2.45, 2.75) is 59.3 Å². The van der Waals surface area contributed by atoms with Crippen molar-refractivity contribution in [2.75, 3.05) is 6.61 Å². The maximum Gasteiger partial charge on any atom is 0.141 e. The number of allylic oxidation sites excluding steroid dienone is 3. The van der Waals surface area contributed by atoms with Crippen LogP contribution in [-0.4, -0.2) is 17.5 Å². The molecule has 0 spiro atoms. The number of carbonyl (C=O) groups is 1. The molecular formula is C20H30O2. The van der Waals surface area contributed by atoms with Crippen LogP contribution in [0.1, 0.15) is 59.3 Å².